The SMILES string of the molecule is CC[N]([Ti])CC.Cl.Cl.Cl. The zero-order valence-electron chi connectivity index (χ0n) is 5.59. The molecule has 0 aromatic rings. The zero-order valence-corrected chi connectivity index (χ0v) is 9.60. The van der Waals surface area contributed by atoms with Crippen LogP contribution < -0.4 is 0 Å². The van der Waals surface area contributed by atoms with Crippen LogP contribution in [0.2, 0.25) is 0 Å². The minimum absolute atomic E-state index is 0. The van der Waals surface area contributed by atoms with Gasteiger partial charge in [0.25, 0.3) is 0 Å². The van der Waals surface area contributed by atoms with Gasteiger partial charge in [0.05, 0.1) is 0 Å². The van der Waals surface area contributed by atoms with Crippen LogP contribution in [0.5, 0.6) is 0 Å². The van der Waals surface area contributed by atoms with Crippen LogP contribution in [0.1, 0.15) is 13.8 Å². The molecule has 0 saturated heterocycles. The summed E-state index contributed by atoms with van der Waals surface area (Å²) in [6.45, 7) is 6.64. The molecule has 0 aromatic carbocycles. The van der Waals surface area contributed by atoms with E-state index in [2.05, 4.69) is 37.9 Å². The van der Waals surface area contributed by atoms with Crippen LogP contribution in [0.4, 0.5) is 0 Å². The summed E-state index contributed by atoms with van der Waals surface area (Å²) in [5.41, 5.74) is 0. The maximum absolute atomic E-state index is 2.25. The summed E-state index contributed by atoms with van der Waals surface area (Å²) in [5, 5.41) is 0. The normalized spacial score (nSPS) is 6.44. The largest absolute Gasteiger partial charge is 0.147 e. The number of nitrogens with zero attached hydrogens (tertiary/aromatic N) is 1. The first-order chi connectivity index (χ1) is 2.81. The second-order valence-corrected chi connectivity index (χ2v) is 2.16. The maximum Gasteiger partial charge on any atom is -0.147 e. The van der Waals surface area contributed by atoms with Gasteiger partial charge in [-0.15, -0.1) is 37.2 Å². The molecule has 9 heavy (non-hydrogen) atoms. The van der Waals surface area contributed by atoms with Gasteiger partial charge in [-0.25, -0.2) is 0 Å². The molecule has 0 unspecified atom stereocenters. The van der Waals surface area contributed by atoms with Gasteiger partial charge in [-0.05, 0) is 0 Å². The molecule has 1 nitrogen and oxygen atoms in total. The predicted octanol–water partition coefficient (Wildman–Crippen LogP) is 2.06. The van der Waals surface area contributed by atoms with Crippen LogP contribution in [0.25, 0.3) is 0 Å². The number of rotatable bonds is 2. The fourth-order valence-corrected chi connectivity index (χ4v) is 0.224. The third-order valence-corrected chi connectivity index (χ3v) is 1.75. The first-order valence-electron chi connectivity index (χ1n) is 2.27. The third kappa shape index (κ3) is 17.7. The Morgan fingerprint density at radius 2 is 1.22 bits per heavy atom. The molecule has 0 radical (unpaired) electrons. The van der Waals surface area contributed by atoms with E-state index in [0.29, 0.717) is 0 Å². The summed E-state index contributed by atoms with van der Waals surface area (Å²) in [4.78, 5) is 0. The summed E-state index contributed by atoms with van der Waals surface area (Å²) >= 11 is 2.11. The van der Waals surface area contributed by atoms with E-state index < -0.39 is 0 Å². The molecule has 0 fully saturated rings. The third-order valence-electron chi connectivity index (χ3n) is 0.763. The maximum atomic E-state index is 2.25. The standard InChI is InChI=1S/C4H10N.3ClH.Ti/c1-3-5-4-2;;;;/h3-4H2,1-2H3;3*1H;/q-1;;;;+1. The van der Waals surface area contributed by atoms with Crippen molar-refractivity contribution >= 4 is 37.2 Å². The van der Waals surface area contributed by atoms with E-state index in [9.17, 15) is 0 Å². The van der Waals surface area contributed by atoms with E-state index >= 15 is 0 Å². The van der Waals surface area contributed by atoms with Gasteiger partial charge < -0.3 is 0 Å². The molecule has 0 aromatic heterocycles. The molecule has 0 aliphatic heterocycles. The average molecular weight is 229 g/mol. The molecule has 0 rings (SSSR count). The molecule has 5 heteroatoms. The van der Waals surface area contributed by atoms with Crippen molar-refractivity contribution in [1.82, 2.24) is 3.38 Å². The second kappa shape index (κ2) is 16.3. The van der Waals surface area contributed by atoms with Crippen molar-refractivity contribution in [1.29, 1.82) is 0 Å². The van der Waals surface area contributed by atoms with Gasteiger partial charge in [-0.3, -0.25) is 0 Å². The fraction of sp³-hybridized carbons (Fsp3) is 1.00. The monoisotopic (exact) mass is 228 g/mol. The van der Waals surface area contributed by atoms with Crippen LogP contribution in [0.3, 0.4) is 0 Å². The van der Waals surface area contributed by atoms with Crippen LogP contribution in [-0.4, -0.2) is 16.5 Å². The van der Waals surface area contributed by atoms with E-state index in [1.165, 1.54) is 0 Å². The Morgan fingerprint density at radius 3 is 1.22 bits per heavy atom. The molecule has 59 valence electrons. The first-order valence-corrected chi connectivity index (χ1v) is 2.97. The minimum atomic E-state index is 0. The predicted molar refractivity (Wildman–Crippen MR) is 44.7 cm³/mol. The Balaban J connectivity index is -0.0000000417. The molecule has 0 bridgehead atoms. The Kier molecular flexibility index (Phi) is 40.5. The molecular formula is C4H13Cl3NTi. The van der Waals surface area contributed by atoms with Crippen LogP contribution in [0, 0.1) is 0 Å². The molecule has 0 aliphatic rings. The minimum Gasteiger partial charge on any atom is -0.147 e. The van der Waals surface area contributed by atoms with Gasteiger partial charge in [0, 0.05) is 0 Å². The topological polar surface area (TPSA) is 3.24 Å². The summed E-state index contributed by atoms with van der Waals surface area (Å²) in [5.74, 6) is 0. The molecule has 0 amide bonds. The van der Waals surface area contributed by atoms with Crippen LogP contribution >= 0.6 is 37.2 Å². The summed E-state index contributed by atoms with van der Waals surface area (Å²) in [6.07, 6.45) is 0. The summed E-state index contributed by atoms with van der Waals surface area (Å²) in [6, 6.07) is 0. The first kappa shape index (κ1) is 22.4. The molecule has 0 heterocycles. The van der Waals surface area contributed by atoms with E-state index in [1.807, 2.05) is 0 Å². The second-order valence-electron chi connectivity index (χ2n) is 1.17. The fourth-order valence-electron chi connectivity index (χ4n) is 0.224. The number of hydrogen-bond acceptors (Lipinski definition) is 1. The van der Waals surface area contributed by atoms with Crippen molar-refractivity contribution in [3.63, 3.8) is 0 Å². The molecule has 0 saturated carbocycles. The Morgan fingerprint density at radius 1 is 1.00 bits per heavy atom. The van der Waals surface area contributed by atoms with Crippen molar-refractivity contribution in [2.24, 2.45) is 0 Å². The van der Waals surface area contributed by atoms with Gasteiger partial charge in [-0.2, -0.15) is 0 Å². The molecule has 0 atom stereocenters. The van der Waals surface area contributed by atoms with E-state index in [1.54, 1.807) is 0 Å². The van der Waals surface area contributed by atoms with Gasteiger partial charge >= 0.3 is 51.0 Å². The Bertz CT molecular complexity index is 35.0. The van der Waals surface area contributed by atoms with Gasteiger partial charge in [0.15, 0.2) is 0 Å². The van der Waals surface area contributed by atoms with Gasteiger partial charge in [0.1, 0.15) is 0 Å². The van der Waals surface area contributed by atoms with Crippen molar-refractivity contribution < 1.29 is 20.7 Å². The van der Waals surface area contributed by atoms with Crippen LogP contribution in [-0.2, 0) is 20.7 Å². The van der Waals surface area contributed by atoms with Crippen LogP contribution in [0.15, 0.2) is 0 Å². The number of halogens is 3. The smallest absolute Gasteiger partial charge is 0.147 e. The van der Waals surface area contributed by atoms with Gasteiger partial charge in [0.2, 0.25) is 0 Å². The number of hydrogen-bond donors (Lipinski definition) is 0. The van der Waals surface area contributed by atoms with Crippen molar-refractivity contribution in [3.05, 3.63) is 0 Å². The van der Waals surface area contributed by atoms with E-state index in [4.69, 9.17) is 0 Å². The molecular weight excluding hydrogens is 216 g/mol. The Labute approximate surface area is 87.9 Å². The van der Waals surface area contributed by atoms with Crippen molar-refractivity contribution in [3.8, 4) is 0 Å². The van der Waals surface area contributed by atoms with E-state index in [0.717, 1.165) is 13.1 Å². The van der Waals surface area contributed by atoms with Crippen molar-refractivity contribution in [2.45, 2.75) is 13.8 Å². The Hall–Kier alpha value is 1.54. The average Bonchev–Trinajstić information content (AvgIpc) is 1.65. The van der Waals surface area contributed by atoms with E-state index in [-0.39, 0.29) is 37.2 Å². The molecule has 0 spiro atoms. The quantitative estimate of drug-likeness (QED) is 0.655. The molecule has 0 N–H and O–H groups in total. The zero-order chi connectivity index (χ0) is 4.99. The summed E-state index contributed by atoms with van der Waals surface area (Å²) in [7, 11) is 0. The van der Waals surface area contributed by atoms with Gasteiger partial charge in [-0.1, -0.05) is 0 Å². The molecule has 0 aliphatic carbocycles. The van der Waals surface area contributed by atoms with Crippen molar-refractivity contribution in [2.75, 3.05) is 13.1 Å². The summed E-state index contributed by atoms with van der Waals surface area (Å²) < 4.78 is 2.25.